The van der Waals surface area contributed by atoms with Crippen LogP contribution in [0.25, 0.3) is 0 Å². The Balaban J connectivity index is 2.10. The number of ether oxygens (including phenoxy) is 1. The van der Waals surface area contributed by atoms with Gasteiger partial charge in [-0.25, -0.2) is 8.78 Å². The van der Waals surface area contributed by atoms with Gasteiger partial charge < -0.3 is 15.8 Å². The van der Waals surface area contributed by atoms with Crippen LogP contribution in [0.5, 0.6) is 5.75 Å². The van der Waals surface area contributed by atoms with E-state index in [1.807, 2.05) is 0 Å². The normalized spacial score (nSPS) is 11.6. The Morgan fingerprint density at radius 2 is 1.87 bits per heavy atom. The van der Waals surface area contributed by atoms with Gasteiger partial charge in [-0.2, -0.15) is 0 Å². The number of hydrogen-bond donors (Lipinski definition) is 2. The van der Waals surface area contributed by atoms with Gasteiger partial charge in [0.2, 0.25) is 0 Å². The topological polar surface area (TPSA) is 81.4 Å². The molecule has 3 N–H and O–H groups in total. The van der Waals surface area contributed by atoms with Gasteiger partial charge in [-0.3, -0.25) is 9.59 Å². The number of benzene rings is 2. The zero-order chi connectivity index (χ0) is 17.0. The molecule has 120 valence electrons. The molecule has 0 radical (unpaired) electrons. The molecule has 0 spiro atoms. The molecular formula is C16H14F2N2O3. The molecule has 23 heavy (non-hydrogen) atoms. The number of hydrogen-bond acceptors (Lipinski definition) is 3. The van der Waals surface area contributed by atoms with Crippen molar-refractivity contribution < 1.29 is 23.1 Å². The van der Waals surface area contributed by atoms with Crippen LogP contribution in [0.15, 0.2) is 42.5 Å². The highest BCUT2D eigenvalue weighted by atomic mass is 19.1. The highest BCUT2D eigenvalue weighted by molar-refractivity contribution is 5.96. The van der Waals surface area contributed by atoms with Crippen LogP contribution < -0.4 is 15.8 Å². The first kappa shape index (κ1) is 16.4. The molecule has 2 aromatic carbocycles. The van der Waals surface area contributed by atoms with E-state index in [9.17, 15) is 18.4 Å². The van der Waals surface area contributed by atoms with Gasteiger partial charge in [0.15, 0.2) is 6.10 Å². The van der Waals surface area contributed by atoms with Crippen LogP contribution >= 0.6 is 0 Å². The Labute approximate surface area is 131 Å². The lowest BCUT2D eigenvalue weighted by Gasteiger charge is -2.16. The fraction of sp³-hybridized carbons (Fsp3) is 0.125. The summed E-state index contributed by atoms with van der Waals surface area (Å²) >= 11 is 0. The number of primary amides is 1. The van der Waals surface area contributed by atoms with Crippen molar-refractivity contribution in [2.45, 2.75) is 13.0 Å². The molecule has 2 rings (SSSR count). The largest absolute Gasteiger partial charge is 0.480 e. The van der Waals surface area contributed by atoms with E-state index in [1.54, 1.807) is 12.1 Å². The van der Waals surface area contributed by atoms with Gasteiger partial charge in [0.05, 0.1) is 11.3 Å². The minimum absolute atomic E-state index is 0.125. The maximum absolute atomic E-state index is 13.5. The maximum atomic E-state index is 13.5. The minimum atomic E-state index is -1.03. The Morgan fingerprint density at radius 1 is 1.17 bits per heavy atom. The number of nitrogens with one attached hydrogen (secondary N) is 1. The number of carbonyl (C=O) groups is 2. The molecule has 2 amide bonds. The predicted octanol–water partition coefficient (Wildman–Crippen LogP) is 2.47. The monoisotopic (exact) mass is 320 g/mol. The lowest BCUT2D eigenvalue weighted by molar-refractivity contribution is -0.122. The summed E-state index contributed by atoms with van der Waals surface area (Å²) < 4.78 is 31.7. The van der Waals surface area contributed by atoms with Crippen molar-refractivity contribution in [1.29, 1.82) is 0 Å². The second-order valence-corrected chi connectivity index (χ2v) is 4.73. The van der Waals surface area contributed by atoms with Crippen LogP contribution in [0.2, 0.25) is 0 Å². The van der Waals surface area contributed by atoms with E-state index in [4.69, 9.17) is 10.5 Å². The van der Waals surface area contributed by atoms with Gasteiger partial charge in [-0.1, -0.05) is 12.1 Å². The quantitative estimate of drug-likeness (QED) is 0.888. The SMILES string of the molecule is CC(Oc1ccccc1C(N)=O)C(=O)Nc1ccc(F)cc1F. The first-order chi connectivity index (χ1) is 10.9. The lowest BCUT2D eigenvalue weighted by Crippen LogP contribution is -2.31. The molecule has 7 heteroatoms. The van der Waals surface area contributed by atoms with E-state index in [2.05, 4.69) is 5.32 Å². The van der Waals surface area contributed by atoms with Crippen molar-refractivity contribution >= 4 is 17.5 Å². The number of halogens is 2. The first-order valence-corrected chi connectivity index (χ1v) is 6.70. The number of rotatable bonds is 5. The summed E-state index contributed by atoms with van der Waals surface area (Å²) in [6, 6.07) is 8.95. The molecule has 0 aromatic heterocycles. The lowest BCUT2D eigenvalue weighted by atomic mass is 10.2. The van der Waals surface area contributed by atoms with Gasteiger partial charge in [-0.05, 0) is 31.2 Å². The zero-order valence-corrected chi connectivity index (χ0v) is 12.2. The summed E-state index contributed by atoms with van der Waals surface area (Å²) in [5.74, 6) is -2.86. The molecule has 0 heterocycles. The summed E-state index contributed by atoms with van der Waals surface area (Å²) in [5, 5.41) is 2.28. The highest BCUT2D eigenvalue weighted by Crippen LogP contribution is 2.20. The van der Waals surface area contributed by atoms with Crippen molar-refractivity contribution in [1.82, 2.24) is 0 Å². The Kier molecular flexibility index (Phi) is 4.90. The molecule has 0 bridgehead atoms. The summed E-state index contributed by atoms with van der Waals surface area (Å²) in [5.41, 5.74) is 5.17. The van der Waals surface area contributed by atoms with Crippen LogP contribution in [0.3, 0.4) is 0 Å². The van der Waals surface area contributed by atoms with Gasteiger partial charge in [0.1, 0.15) is 17.4 Å². The third-order valence-electron chi connectivity index (χ3n) is 3.01. The van der Waals surface area contributed by atoms with Gasteiger partial charge in [-0.15, -0.1) is 0 Å². The summed E-state index contributed by atoms with van der Waals surface area (Å²) in [4.78, 5) is 23.3. The molecule has 0 saturated carbocycles. The van der Waals surface area contributed by atoms with Crippen LogP contribution in [-0.2, 0) is 4.79 Å². The second-order valence-electron chi connectivity index (χ2n) is 4.73. The molecule has 0 aliphatic carbocycles. The highest BCUT2D eigenvalue weighted by Gasteiger charge is 2.19. The van der Waals surface area contributed by atoms with Gasteiger partial charge in [0.25, 0.3) is 11.8 Å². The Bertz CT molecular complexity index is 750. The zero-order valence-electron chi connectivity index (χ0n) is 12.2. The Morgan fingerprint density at radius 3 is 2.52 bits per heavy atom. The maximum Gasteiger partial charge on any atom is 0.265 e. The first-order valence-electron chi connectivity index (χ1n) is 6.70. The molecule has 0 fully saturated rings. The molecule has 0 aliphatic heterocycles. The molecule has 2 aromatic rings. The van der Waals surface area contributed by atoms with Crippen LogP contribution in [-0.4, -0.2) is 17.9 Å². The number of amides is 2. The molecular weight excluding hydrogens is 306 g/mol. The average molecular weight is 320 g/mol. The molecule has 5 nitrogen and oxygen atoms in total. The van der Waals surface area contributed by atoms with E-state index < -0.39 is 29.6 Å². The van der Waals surface area contributed by atoms with Crippen molar-refractivity contribution in [2.75, 3.05) is 5.32 Å². The van der Waals surface area contributed by atoms with Gasteiger partial charge >= 0.3 is 0 Å². The molecule has 0 aliphatic rings. The predicted molar refractivity (Wildman–Crippen MR) is 80.0 cm³/mol. The third kappa shape index (κ3) is 4.03. The summed E-state index contributed by atoms with van der Waals surface area (Å²) in [7, 11) is 0. The second kappa shape index (κ2) is 6.87. The molecule has 1 unspecified atom stereocenters. The average Bonchev–Trinajstić information content (AvgIpc) is 2.50. The summed E-state index contributed by atoms with van der Waals surface area (Å²) in [6.07, 6.45) is -1.03. The fourth-order valence-electron chi connectivity index (χ4n) is 1.84. The standard InChI is InChI=1S/C16H14F2N2O3/c1-9(23-14-5-3-2-4-11(14)15(19)21)16(22)20-13-7-6-10(17)8-12(13)18/h2-9H,1H3,(H2,19,21)(H,20,22). The number of nitrogens with two attached hydrogens (primary N) is 1. The molecule has 0 saturated heterocycles. The minimum Gasteiger partial charge on any atom is -0.480 e. The smallest absolute Gasteiger partial charge is 0.265 e. The van der Waals surface area contributed by atoms with E-state index >= 15 is 0 Å². The van der Waals surface area contributed by atoms with E-state index in [1.165, 1.54) is 19.1 Å². The van der Waals surface area contributed by atoms with Crippen molar-refractivity contribution in [3.05, 3.63) is 59.7 Å². The fourth-order valence-corrected chi connectivity index (χ4v) is 1.84. The van der Waals surface area contributed by atoms with Crippen LogP contribution in [0, 0.1) is 11.6 Å². The molecule has 1 atom stereocenters. The van der Waals surface area contributed by atoms with Crippen molar-refractivity contribution in [2.24, 2.45) is 5.73 Å². The summed E-state index contributed by atoms with van der Waals surface area (Å²) in [6.45, 7) is 1.43. The van der Waals surface area contributed by atoms with Gasteiger partial charge in [0, 0.05) is 6.07 Å². The third-order valence-corrected chi connectivity index (χ3v) is 3.01. The van der Waals surface area contributed by atoms with E-state index in [-0.39, 0.29) is 17.0 Å². The van der Waals surface area contributed by atoms with Crippen molar-refractivity contribution in [3.63, 3.8) is 0 Å². The number of para-hydroxylation sites is 1. The van der Waals surface area contributed by atoms with E-state index in [0.717, 1.165) is 12.1 Å². The van der Waals surface area contributed by atoms with Crippen molar-refractivity contribution in [3.8, 4) is 5.75 Å². The van der Waals surface area contributed by atoms with E-state index in [0.29, 0.717) is 6.07 Å². The number of anilines is 1. The Hall–Kier alpha value is -2.96. The van der Waals surface area contributed by atoms with Crippen LogP contribution in [0.1, 0.15) is 17.3 Å². The number of carbonyl (C=O) groups excluding carboxylic acids is 2. The van der Waals surface area contributed by atoms with Crippen LogP contribution in [0.4, 0.5) is 14.5 Å².